The van der Waals surface area contributed by atoms with Gasteiger partial charge >= 0.3 is 0 Å². The van der Waals surface area contributed by atoms with E-state index < -0.39 is 6.04 Å². The molecule has 9 nitrogen and oxygen atoms in total. The van der Waals surface area contributed by atoms with Crippen molar-refractivity contribution >= 4 is 10.9 Å². The molecule has 5 aromatic rings. The number of rotatable bonds is 11. The highest BCUT2D eigenvalue weighted by Crippen LogP contribution is 2.31. The lowest BCUT2D eigenvalue weighted by Crippen LogP contribution is -2.35. The molecule has 2 aromatic heterocycles. The van der Waals surface area contributed by atoms with Gasteiger partial charge in [0.05, 0.1) is 25.8 Å². The number of hydrogen-bond donors (Lipinski definition) is 1. The molecule has 1 unspecified atom stereocenters. The van der Waals surface area contributed by atoms with Crippen molar-refractivity contribution in [1.29, 1.82) is 0 Å². The number of aromatic amines is 1. The third-order valence-corrected chi connectivity index (χ3v) is 7.07. The van der Waals surface area contributed by atoms with Gasteiger partial charge in [-0.3, -0.25) is 9.69 Å². The zero-order chi connectivity index (χ0) is 28.1. The molecule has 0 saturated carbocycles. The Kier molecular flexibility index (Phi) is 8.33. The molecule has 0 radical (unpaired) electrons. The summed E-state index contributed by atoms with van der Waals surface area (Å²) in [6, 6.07) is 23.8. The van der Waals surface area contributed by atoms with E-state index in [1.807, 2.05) is 55.5 Å². The SMILES string of the molecule is COCCn1nnnc1C(c1cc2cc(C)cc(C)c2[nH]c1=O)N(Cc1ccccc1)Cc1ccc(OC)cc1. The van der Waals surface area contributed by atoms with Gasteiger partial charge < -0.3 is 14.5 Å². The van der Waals surface area contributed by atoms with Crippen molar-refractivity contribution in [3.05, 3.63) is 117 Å². The van der Waals surface area contributed by atoms with Crippen LogP contribution in [0.4, 0.5) is 0 Å². The summed E-state index contributed by atoms with van der Waals surface area (Å²) in [4.78, 5) is 19.2. The first-order chi connectivity index (χ1) is 19.5. The number of nitrogens with zero attached hydrogens (tertiary/aromatic N) is 5. The Morgan fingerprint density at radius 1 is 0.950 bits per heavy atom. The Labute approximate surface area is 233 Å². The summed E-state index contributed by atoms with van der Waals surface area (Å²) in [6.07, 6.45) is 0. The van der Waals surface area contributed by atoms with Gasteiger partial charge in [0.15, 0.2) is 5.82 Å². The fourth-order valence-electron chi connectivity index (χ4n) is 5.17. The van der Waals surface area contributed by atoms with Crippen molar-refractivity contribution in [1.82, 2.24) is 30.1 Å². The van der Waals surface area contributed by atoms with Crippen LogP contribution in [0.15, 0.2) is 77.6 Å². The van der Waals surface area contributed by atoms with E-state index in [9.17, 15) is 4.79 Å². The topological polar surface area (TPSA) is 98.2 Å². The molecule has 0 aliphatic carbocycles. The number of H-pyrrole nitrogens is 1. The number of nitrogens with one attached hydrogen (secondary N) is 1. The standard InChI is InChI=1S/C31H34N6O3/c1-21-16-22(2)28-25(17-21)18-27(31(38)32-28)29(30-33-34-35-37(30)14-15-39-3)36(19-23-8-6-5-7-9-23)20-24-10-12-26(40-4)13-11-24/h5-13,16-18,29H,14-15,19-20H2,1-4H3,(H,32,38). The highest BCUT2D eigenvalue weighted by molar-refractivity contribution is 5.83. The van der Waals surface area contributed by atoms with Gasteiger partial charge in [0.1, 0.15) is 11.8 Å². The van der Waals surface area contributed by atoms with Crippen LogP contribution in [0.2, 0.25) is 0 Å². The fourth-order valence-corrected chi connectivity index (χ4v) is 5.17. The number of methoxy groups -OCH3 is 2. The maximum absolute atomic E-state index is 13.8. The van der Waals surface area contributed by atoms with Gasteiger partial charge in [-0.25, -0.2) is 4.68 Å². The lowest BCUT2D eigenvalue weighted by molar-refractivity contribution is 0.169. The molecular weight excluding hydrogens is 504 g/mol. The van der Waals surface area contributed by atoms with Crippen molar-refractivity contribution in [2.75, 3.05) is 20.8 Å². The van der Waals surface area contributed by atoms with E-state index in [4.69, 9.17) is 9.47 Å². The number of ether oxygens (including phenoxy) is 2. The number of aromatic nitrogens is 5. The van der Waals surface area contributed by atoms with Crippen molar-refractivity contribution in [3.8, 4) is 5.75 Å². The molecule has 2 heterocycles. The van der Waals surface area contributed by atoms with E-state index in [1.165, 1.54) is 0 Å². The van der Waals surface area contributed by atoms with Gasteiger partial charge in [0.25, 0.3) is 5.56 Å². The lowest BCUT2D eigenvalue weighted by atomic mass is 9.99. The maximum atomic E-state index is 13.8. The van der Waals surface area contributed by atoms with Crippen LogP contribution >= 0.6 is 0 Å². The highest BCUT2D eigenvalue weighted by atomic mass is 16.5. The third-order valence-electron chi connectivity index (χ3n) is 7.07. The van der Waals surface area contributed by atoms with Crippen molar-refractivity contribution in [2.24, 2.45) is 0 Å². The van der Waals surface area contributed by atoms with Gasteiger partial charge in [-0.1, -0.05) is 54.1 Å². The van der Waals surface area contributed by atoms with Gasteiger partial charge in [0.2, 0.25) is 0 Å². The van der Waals surface area contributed by atoms with Crippen LogP contribution in [0, 0.1) is 13.8 Å². The minimum absolute atomic E-state index is 0.168. The Hall–Kier alpha value is -4.34. The average molecular weight is 539 g/mol. The minimum atomic E-state index is -0.539. The number of benzene rings is 3. The molecule has 0 fully saturated rings. The van der Waals surface area contributed by atoms with Crippen molar-refractivity contribution in [2.45, 2.75) is 39.5 Å². The molecular formula is C31H34N6O3. The number of aryl methyl sites for hydroxylation is 2. The summed E-state index contributed by atoms with van der Waals surface area (Å²) >= 11 is 0. The summed E-state index contributed by atoms with van der Waals surface area (Å²) in [5.74, 6) is 1.37. The predicted molar refractivity (Wildman–Crippen MR) is 154 cm³/mol. The van der Waals surface area contributed by atoms with Crippen molar-refractivity contribution in [3.63, 3.8) is 0 Å². The van der Waals surface area contributed by atoms with Crippen LogP contribution in [-0.4, -0.2) is 50.9 Å². The number of hydrogen-bond acceptors (Lipinski definition) is 7. The van der Waals surface area contributed by atoms with Gasteiger partial charge in [-0.15, -0.1) is 5.10 Å². The maximum Gasteiger partial charge on any atom is 0.253 e. The molecule has 0 aliphatic rings. The summed E-state index contributed by atoms with van der Waals surface area (Å²) in [5, 5.41) is 13.7. The normalized spacial score (nSPS) is 12.2. The zero-order valence-corrected chi connectivity index (χ0v) is 23.3. The second-order valence-corrected chi connectivity index (χ2v) is 9.99. The smallest absolute Gasteiger partial charge is 0.253 e. The van der Waals surface area contributed by atoms with Crippen LogP contribution in [0.1, 0.15) is 39.7 Å². The third kappa shape index (κ3) is 5.95. The minimum Gasteiger partial charge on any atom is -0.497 e. The Bertz CT molecular complexity index is 1630. The molecule has 1 N–H and O–H groups in total. The lowest BCUT2D eigenvalue weighted by Gasteiger charge is -2.31. The van der Waals surface area contributed by atoms with E-state index in [-0.39, 0.29) is 5.56 Å². The fraction of sp³-hybridized carbons (Fsp3) is 0.290. The Morgan fingerprint density at radius 3 is 2.38 bits per heavy atom. The van der Waals surface area contributed by atoms with Crippen LogP contribution in [0.3, 0.4) is 0 Å². The van der Waals surface area contributed by atoms with E-state index in [0.29, 0.717) is 37.6 Å². The first-order valence-electron chi connectivity index (χ1n) is 13.3. The Morgan fingerprint density at radius 2 is 1.68 bits per heavy atom. The van der Waals surface area contributed by atoms with Crippen LogP contribution in [0.25, 0.3) is 10.9 Å². The molecule has 0 amide bonds. The zero-order valence-electron chi connectivity index (χ0n) is 23.3. The highest BCUT2D eigenvalue weighted by Gasteiger charge is 2.31. The van der Waals surface area contributed by atoms with E-state index in [2.05, 4.69) is 56.6 Å². The molecule has 1 atom stereocenters. The number of tetrazole rings is 1. The average Bonchev–Trinajstić information content (AvgIpc) is 3.41. The number of pyridine rings is 1. The predicted octanol–water partition coefficient (Wildman–Crippen LogP) is 4.58. The first kappa shape index (κ1) is 27.2. The van der Waals surface area contributed by atoms with Gasteiger partial charge in [-0.05, 0) is 70.6 Å². The Balaban J connectivity index is 1.69. The molecule has 0 aliphatic heterocycles. The van der Waals surface area contributed by atoms with Crippen LogP contribution in [0.5, 0.6) is 5.75 Å². The molecule has 40 heavy (non-hydrogen) atoms. The second kappa shape index (κ2) is 12.2. The second-order valence-electron chi connectivity index (χ2n) is 9.99. The molecule has 0 saturated heterocycles. The summed E-state index contributed by atoms with van der Waals surface area (Å²) in [7, 11) is 3.30. The van der Waals surface area contributed by atoms with E-state index >= 15 is 0 Å². The molecule has 3 aromatic carbocycles. The largest absolute Gasteiger partial charge is 0.497 e. The van der Waals surface area contributed by atoms with E-state index in [0.717, 1.165) is 38.9 Å². The quantitative estimate of drug-likeness (QED) is 0.263. The summed E-state index contributed by atoms with van der Waals surface area (Å²) in [6.45, 7) is 6.09. The first-order valence-corrected chi connectivity index (χ1v) is 13.3. The monoisotopic (exact) mass is 538 g/mol. The summed E-state index contributed by atoms with van der Waals surface area (Å²) < 4.78 is 12.4. The number of fused-ring (bicyclic) bond motifs is 1. The van der Waals surface area contributed by atoms with Crippen molar-refractivity contribution < 1.29 is 9.47 Å². The van der Waals surface area contributed by atoms with Gasteiger partial charge in [0, 0.05) is 25.8 Å². The summed E-state index contributed by atoms with van der Waals surface area (Å²) in [5.41, 5.74) is 5.58. The molecule has 206 valence electrons. The van der Waals surface area contributed by atoms with Crippen LogP contribution in [-0.2, 0) is 24.4 Å². The molecule has 5 rings (SSSR count). The van der Waals surface area contributed by atoms with E-state index in [1.54, 1.807) is 18.9 Å². The molecule has 0 spiro atoms. The van der Waals surface area contributed by atoms with Gasteiger partial charge in [-0.2, -0.15) is 0 Å². The molecule has 0 bridgehead atoms. The van der Waals surface area contributed by atoms with Crippen LogP contribution < -0.4 is 10.3 Å². The molecule has 9 heteroatoms.